The molecule has 2 aliphatic heterocycles. The van der Waals surface area contributed by atoms with E-state index in [1.807, 2.05) is 0 Å². The predicted molar refractivity (Wildman–Crippen MR) is 63.9 cm³/mol. The summed E-state index contributed by atoms with van der Waals surface area (Å²) in [5.74, 6) is 0.115. The summed E-state index contributed by atoms with van der Waals surface area (Å²) in [6.45, 7) is 3.52. The van der Waals surface area contributed by atoms with Gasteiger partial charge in [-0.05, 0) is 0 Å². The van der Waals surface area contributed by atoms with E-state index in [9.17, 15) is 13.8 Å². The van der Waals surface area contributed by atoms with Crippen molar-refractivity contribution in [1.29, 1.82) is 0 Å². The number of piperazine rings is 1. The van der Waals surface area contributed by atoms with Gasteiger partial charge in [-0.3, -0.25) is 13.8 Å². The van der Waals surface area contributed by atoms with Crippen LogP contribution in [0.15, 0.2) is 0 Å². The zero-order chi connectivity index (χ0) is 12.3. The number of carbonyl (C=O) groups excluding carboxylic acids is 2. The third-order valence-electron chi connectivity index (χ3n) is 3.05. The average Bonchev–Trinajstić information content (AvgIpc) is 2.39. The van der Waals surface area contributed by atoms with E-state index in [1.54, 1.807) is 4.90 Å². The van der Waals surface area contributed by atoms with Gasteiger partial charge in [-0.25, -0.2) is 0 Å². The number of hydrogen-bond acceptors (Lipinski definition) is 4. The quantitative estimate of drug-likeness (QED) is 0.511. The van der Waals surface area contributed by atoms with Crippen LogP contribution in [-0.4, -0.2) is 76.6 Å². The Balaban J connectivity index is 1.90. The monoisotopic (exact) mass is 259 g/mol. The van der Waals surface area contributed by atoms with Gasteiger partial charge in [0.15, 0.2) is 0 Å². The van der Waals surface area contributed by atoms with Gasteiger partial charge in [-0.15, -0.1) is 0 Å². The van der Waals surface area contributed by atoms with Crippen LogP contribution in [0.5, 0.6) is 0 Å². The summed E-state index contributed by atoms with van der Waals surface area (Å²) < 4.78 is 11.2. The highest BCUT2D eigenvalue weighted by Gasteiger charge is 2.29. The molecular formula is C10H17N3O3S. The predicted octanol–water partition coefficient (Wildman–Crippen LogP) is -1.99. The van der Waals surface area contributed by atoms with Crippen molar-refractivity contribution in [2.45, 2.75) is 0 Å². The van der Waals surface area contributed by atoms with Crippen molar-refractivity contribution in [2.24, 2.45) is 0 Å². The second-order valence-corrected chi connectivity index (χ2v) is 5.88. The zero-order valence-corrected chi connectivity index (χ0v) is 10.5. The van der Waals surface area contributed by atoms with Gasteiger partial charge in [0.2, 0.25) is 0 Å². The molecule has 96 valence electrons. The lowest BCUT2D eigenvalue weighted by Crippen LogP contribution is -2.54. The molecule has 17 heavy (non-hydrogen) atoms. The maximum atomic E-state index is 11.9. The fourth-order valence-electron chi connectivity index (χ4n) is 1.98. The van der Waals surface area contributed by atoms with E-state index in [1.165, 1.54) is 4.90 Å². The number of carbonyl (C=O) groups is 2. The van der Waals surface area contributed by atoms with Gasteiger partial charge in [0.05, 0.1) is 0 Å². The SMILES string of the molecule is O=C(C(=O)N1CCS(=O)CC1)N1CCNCC1. The molecule has 0 radical (unpaired) electrons. The zero-order valence-electron chi connectivity index (χ0n) is 9.68. The van der Waals surface area contributed by atoms with E-state index in [-0.39, 0.29) is 0 Å². The summed E-state index contributed by atoms with van der Waals surface area (Å²) in [6.07, 6.45) is 0. The number of amides is 2. The Morgan fingerprint density at radius 2 is 1.35 bits per heavy atom. The molecule has 0 aliphatic carbocycles. The highest BCUT2D eigenvalue weighted by atomic mass is 32.2. The molecule has 0 bridgehead atoms. The van der Waals surface area contributed by atoms with Crippen LogP contribution in [0.4, 0.5) is 0 Å². The highest BCUT2D eigenvalue weighted by Crippen LogP contribution is 2.03. The van der Waals surface area contributed by atoms with E-state index in [2.05, 4.69) is 5.32 Å². The number of nitrogens with zero attached hydrogens (tertiary/aromatic N) is 2. The van der Waals surface area contributed by atoms with Crippen molar-refractivity contribution in [2.75, 3.05) is 50.8 Å². The lowest BCUT2D eigenvalue weighted by Gasteiger charge is -2.31. The Labute approximate surface area is 103 Å². The molecule has 0 saturated carbocycles. The third-order valence-corrected chi connectivity index (χ3v) is 4.33. The molecule has 2 heterocycles. The van der Waals surface area contributed by atoms with Crippen molar-refractivity contribution in [1.82, 2.24) is 15.1 Å². The van der Waals surface area contributed by atoms with E-state index in [4.69, 9.17) is 0 Å². The molecule has 0 aromatic heterocycles. The second kappa shape index (κ2) is 5.59. The van der Waals surface area contributed by atoms with Crippen LogP contribution in [0.1, 0.15) is 0 Å². The minimum Gasteiger partial charge on any atom is -0.333 e. The van der Waals surface area contributed by atoms with Crippen LogP contribution in [0.25, 0.3) is 0 Å². The first kappa shape index (κ1) is 12.5. The van der Waals surface area contributed by atoms with Crippen molar-refractivity contribution < 1.29 is 13.8 Å². The number of nitrogens with one attached hydrogen (secondary N) is 1. The third kappa shape index (κ3) is 3.04. The molecule has 0 aromatic carbocycles. The van der Waals surface area contributed by atoms with E-state index < -0.39 is 22.6 Å². The maximum Gasteiger partial charge on any atom is 0.312 e. The molecule has 0 unspecified atom stereocenters. The molecule has 0 spiro atoms. The van der Waals surface area contributed by atoms with Gasteiger partial charge in [0.1, 0.15) is 0 Å². The molecule has 7 heteroatoms. The summed E-state index contributed by atoms with van der Waals surface area (Å²) in [5, 5.41) is 3.13. The van der Waals surface area contributed by atoms with Crippen LogP contribution >= 0.6 is 0 Å². The molecule has 2 fully saturated rings. The molecule has 2 amide bonds. The Morgan fingerprint density at radius 3 is 1.88 bits per heavy atom. The lowest BCUT2D eigenvalue weighted by molar-refractivity contribution is -0.151. The van der Waals surface area contributed by atoms with Crippen molar-refractivity contribution in [3.8, 4) is 0 Å². The minimum atomic E-state index is -0.824. The fraction of sp³-hybridized carbons (Fsp3) is 0.800. The summed E-state index contributed by atoms with van der Waals surface area (Å²) in [4.78, 5) is 26.9. The summed E-state index contributed by atoms with van der Waals surface area (Å²) in [7, 11) is -0.824. The molecule has 0 atom stereocenters. The number of hydrogen-bond donors (Lipinski definition) is 1. The molecule has 2 aliphatic rings. The maximum absolute atomic E-state index is 11.9. The average molecular weight is 259 g/mol. The van der Waals surface area contributed by atoms with E-state index in [0.29, 0.717) is 37.7 Å². The standard InChI is InChI=1S/C10H17N3O3S/c14-9(12-3-1-11-2-4-12)10(15)13-5-7-17(16)8-6-13/h11H,1-8H2. The second-order valence-electron chi connectivity index (χ2n) is 4.18. The first-order valence-corrected chi connectivity index (χ1v) is 7.31. The van der Waals surface area contributed by atoms with Crippen molar-refractivity contribution in [3.63, 3.8) is 0 Å². The largest absolute Gasteiger partial charge is 0.333 e. The number of rotatable bonds is 0. The van der Waals surface area contributed by atoms with Gasteiger partial charge >= 0.3 is 11.8 Å². The fourth-order valence-corrected chi connectivity index (χ4v) is 3.03. The molecule has 1 N–H and O–H groups in total. The normalized spacial score (nSPS) is 22.6. The molecule has 0 aromatic rings. The van der Waals surface area contributed by atoms with Gasteiger partial charge < -0.3 is 15.1 Å². The van der Waals surface area contributed by atoms with Crippen LogP contribution in [0.3, 0.4) is 0 Å². The first-order valence-electron chi connectivity index (χ1n) is 5.82. The Bertz CT molecular complexity index is 332. The molecular weight excluding hydrogens is 242 g/mol. The van der Waals surface area contributed by atoms with Crippen molar-refractivity contribution >= 4 is 22.6 Å². The van der Waals surface area contributed by atoms with Gasteiger partial charge in [0.25, 0.3) is 0 Å². The Hall–Kier alpha value is -0.950. The molecule has 2 rings (SSSR count). The van der Waals surface area contributed by atoms with Crippen molar-refractivity contribution in [3.05, 3.63) is 0 Å². The first-order chi connectivity index (χ1) is 8.18. The topological polar surface area (TPSA) is 69.7 Å². The van der Waals surface area contributed by atoms with E-state index in [0.717, 1.165) is 13.1 Å². The Kier molecular flexibility index (Phi) is 4.11. The van der Waals surface area contributed by atoms with Crippen LogP contribution in [0, 0.1) is 0 Å². The van der Waals surface area contributed by atoms with Gasteiger partial charge in [-0.2, -0.15) is 0 Å². The lowest BCUT2D eigenvalue weighted by atomic mass is 10.3. The van der Waals surface area contributed by atoms with Crippen LogP contribution < -0.4 is 5.32 Å². The summed E-state index contributed by atoms with van der Waals surface area (Å²) in [5.41, 5.74) is 0. The Morgan fingerprint density at radius 1 is 0.882 bits per heavy atom. The smallest absolute Gasteiger partial charge is 0.312 e. The molecule has 2 saturated heterocycles. The summed E-state index contributed by atoms with van der Waals surface area (Å²) >= 11 is 0. The van der Waals surface area contributed by atoms with E-state index >= 15 is 0 Å². The molecule has 6 nitrogen and oxygen atoms in total. The van der Waals surface area contributed by atoms with Gasteiger partial charge in [0, 0.05) is 61.6 Å². The summed E-state index contributed by atoms with van der Waals surface area (Å²) in [6, 6.07) is 0. The van der Waals surface area contributed by atoms with Crippen LogP contribution in [-0.2, 0) is 20.4 Å². The highest BCUT2D eigenvalue weighted by molar-refractivity contribution is 7.85. The van der Waals surface area contributed by atoms with Gasteiger partial charge in [-0.1, -0.05) is 0 Å². The van der Waals surface area contributed by atoms with Crippen LogP contribution in [0.2, 0.25) is 0 Å². The minimum absolute atomic E-state index is 0.417.